The molecular weight excluding hydrogens is 368 g/mol. The monoisotopic (exact) mass is 382 g/mol. The Kier molecular flexibility index (Phi) is 4.53. The Morgan fingerprint density at radius 3 is 2.65 bits per heavy atom. The van der Waals surface area contributed by atoms with Gasteiger partial charge in [0.05, 0.1) is 5.69 Å². The average molecular weight is 383 g/mol. The largest absolute Gasteiger partial charge is 0.300 e. The lowest BCUT2D eigenvalue weighted by Gasteiger charge is -2.10. The lowest BCUT2D eigenvalue weighted by Crippen LogP contribution is -2.21. The molecule has 5 nitrogen and oxygen atoms in total. The van der Waals surface area contributed by atoms with E-state index >= 15 is 0 Å². The summed E-state index contributed by atoms with van der Waals surface area (Å²) in [5.41, 5.74) is 2.85. The molecule has 0 bridgehead atoms. The second-order valence-electron chi connectivity index (χ2n) is 5.81. The third-order valence-corrected chi connectivity index (χ3v) is 5.57. The fraction of sp³-hybridized carbons (Fsp3) is 0.105. The van der Waals surface area contributed by atoms with Crippen molar-refractivity contribution < 1.29 is 0 Å². The molecule has 0 fully saturated rings. The number of rotatable bonds is 4. The predicted molar refractivity (Wildman–Crippen MR) is 104 cm³/mol. The highest BCUT2D eigenvalue weighted by atomic mass is 35.5. The lowest BCUT2D eigenvalue weighted by molar-refractivity contribution is 0.890. The zero-order valence-corrected chi connectivity index (χ0v) is 15.5. The highest BCUT2D eigenvalue weighted by Crippen LogP contribution is 2.23. The molecule has 0 amide bonds. The molecule has 0 N–H and O–H groups in total. The molecule has 26 heavy (non-hydrogen) atoms. The van der Waals surface area contributed by atoms with Gasteiger partial charge in [0.25, 0.3) is 0 Å². The van der Waals surface area contributed by atoms with Gasteiger partial charge in [0.2, 0.25) is 5.65 Å². The maximum atomic E-state index is 12.9. The van der Waals surface area contributed by atoms with E-state index in [0.29, 0.717) is 15.8 Å². The first-order chi connectivity index (χ1) is 12.6. The van der Waals surface area contributed by atoms with Gasteiger partial charge in [0, 0.05) is 23.2 Å². The van der Waals surface area contributed by atoms with Gasteiger partial charge >= 0.3 is 5.56 Å². The highest BCUT2D eigenvalue weighted by Gasteiger charge is 2.13. The Bertz CT molecular complexity index is 1140. The molecule has 4 aromatic rings. The van der Waals surface area contributed by atoms with E-state index in [1.807, 2.05) is 43.5 Å². The minimum absolute atomic E-state index is 0.225. The molecule has 0 aliphatic heterocycles. The first kappa shape index (κ1) is 16.9. The number of thioether (sulfide) groups is 1. The van der Waals surface area contributed by atoms with E-state index in [1.54, 1.807) is 33.0 Å². The third-order valence-electron chi connectivity index (χ3n) is 4.15. The van der Waals surface area contributed by atoms with Crippen LogP contribution in [0.4, 0.5) is 0 Å². The molecule has 0 unspecified atom stereocenters. The third kappa shape index (κ3) is 3.02. The Labute approximate surface area is 159 Å². The molecule has 4 rings (SSSR count). The average Bonchev–Trinajstić information content (AvgIpc) is 3.08. The van der Waals surface area contributed by atoms with Crippen LogP contribution in [0.15, 0.2) is 70.9 Å². The van der Waals surface area contributed by atoms with Gasteiger partial charge in [-0.2, -0.15) is 0 Å². The Hall–Kier alpha value is -2.57. The molecule has 2 aromatic carbocycles. The van der Waals surface area contributed by atoms with Gasteiger partial charge < -0.3 is 0 Å². The minimum Gasteiger partial charge on any atom is -0.279 e. The molecule has 130 valence electrons. The number of benzene rings is 2. The summed E-state index contributed by atoms with van der Waals surface area (Å²) in [6, 6.07) is 15.6. The second kappa shape index (κ2) is 6.97. The number of hydrogen-bond donors (Lipinski definition) is 0. The van der Waals surface area contributed by atoms with Crippen LogP contribution in [-0.4, -0.2) is 19.2 Å². The van der Waals surface area contributed by atoms with Crippen LogP contribution in [0.3, 0.4) is 0 Å². The van der Waals surface area contributed by atoms with Gasteiger partial charge in [-0.3, -0.25) is 13.8 Å². The smallest absolute Gasteiger partial charge is 0.279 e. The minimum atomic E-state index is -0.225. The van der Waals surface area contributed by atoms with Crippen molar-refractivity contribution in [1.82, 2.24) is 19.2 Å². The van der Waals surface area contributed by atoms with Crippen molar-refractivity contribution in [2.45, 2.75) is 17.8 Å². The van der Waals surface area contributed by atoms with Gasteiger partial charge in [0.15, 0.2) is 5.16 Å². The molecule has 2 heterocycles. The topological polar surface area (TPSA) is 52.2 Å². The van der Waals surface area contributed by atoms with E-state index in [0.717, 1.165) is 17.0 Å². The molecule has 0 saturated carbocycles. The normalized spacial score (nSPS) is 11.2. The van der Waals surface area contributed by atoms with Crippen LogP contribution in [0.2, 0.25) is 5.02 Å². The Morgan fingerprint density at radius 1 is 1.04 bits per heavy atom. The van der Waals surface area contributed by atoms with Gasteiger partial charge in [0.1, 0.15) is 0 Å². The quantitative estimate of drug-likeness (QED) is 0.498. The summed E-state index contributed by atoms with van der Waals surface area (Å²) in [5, 5.41) is 9.59. The van der Waals surface area contributed by atoms with Gasteiger partial charge in [-0.25, -0.2) is 0 Å². The van der Waals surface area contributed by atoms with Crippen LogP contribution in [0.5, 0.6) is 0 Å². The number of hydrogen-bond acceptors (Lipinski definition) is 4. The van der Waals surface area contributed by atoms with E-state index < -0.39 is 0 Å². The molecule has 0 radical (unpaired) electrons. The van der Waals surface area contributed by atoms with E-state index in [2.05, 4.69) is 22.3 Å². The second-order valence-corrected chi connectivity index (χ2v) is 7.16. The van der Waals surface area contributed by atoms with Gasteiger partial charge in [-0.05, 0) is 30.2 Å². The molecule has 0 atom stereocenters. The Balaban J connectivity index is 1.72. The fourth-order valence-corrected chi connectivity index (χ4v) is 3.78. The summed E-state index contributed by atoms with van der Waals surface area (Å²) in [7, 11) is 0. The van der Waals surface area contributed by atoms with Gasteiger partial charge in [-0.15, -0.1) is 10.2 Å². The first-order valence-corrected chi connectivity index (χ1v) is 9.40. The SMILES string of the molecule is Cc1c(Cl)cccc1-n1ccn2c(SCc3ccccc3)nnc2c1=O. The molecule has 2 aromatic heterocycles. The summed E-state index contributed by atoms with van der Waals surface area (Å²) in [4.78, 5) is 12.9. The van der Waals surface area contributed by atoms with Crippen LogP contribution in [-0.2, 0) is 5.75 Å². The molecular formula is C19H15ClN4OS. The van der Waals surface area contributed by atoms with Crippen molar-refractivity contribution in [3.8, 4) is 5.69 Å². The highest BCUT2D eigenvalue weighted by molar-refractivity contribution is 7.98. The van der Waals surface area contributed by atoms with Crippen molar-refractivity contribution in [2.24, 2.45) is 0 Å². The van der Waals surface area contributed by atoms with Crippen LogP contribution < -0.4 is 5.56 Å². The van der Waals surface area contributed by atoms with Crippen LogP contribution >= 0.6 is 23.4 Å². The number of nitrogens with zero attached hydrogens (tertiary/aromatic N) is 4. The maximum absolute atomic E-state index is 12.9. The van der Waals surface area contributed by atoms with E-state index in [-0.39, 0.29) is 5.56 Å². The van der Waals surface area contributed by atoms with E-state index in [1.165, 1.54) is 5.56 Å². The maximum Gasteiger partial charge on any atom is 0.300 e. The van der Waals surface area contributed by atoms with E-state index in [4.69, 9.17) is 11.6 Å². The van der Waals surface area contributed by atoms with Crippen LogP contribution in [0.1, 0.15) is 11.1 Å². The number of fused-ring (bicyclic) bond motifs is 1. The summed E-state index contributed by atoms with van der Waals surface area (Å²) in [6.45, 7) is 1.89. The van der Waals surface area contributed by atoms with E-state index in [9.17, 15) is 4.79 Å². The first-order valence-electron chi connectivity index (χ1n) is 8.04. The van der Waals surface area contributed by atoms with Crippen LogP contribution in [0.25, 0.3) is 11.3 Å². The van der Waals surface area contributed by atoms with Crippen molar-refractivity contribution >= 4 is 29.0 Å². The van der Waals surface area contributed by atoms with Crippen LogP contribution in [0, 0.1) is 6.92 Å². The summed E-state index contributed by atoms with van der Waals surface area (Å²) >= 11 is 7.73. The molecule has 0 aliphatic carbocycles. The zero-order valence-electron chi connectivity index (χ0n) is 14.0. The lowest BCUT2D eigenvalue weighted by atomic mass is 10.2. The molecule has 7 heteroatoms. The molecule has 0 spiro atoms. The summed E-state index contributed by atoms with van der Waals surface area (Å²) in [5.74, 6) is 0.762. The molecule has 0 saturated heterocycles. The fourth-order valence-electron chi connectivity index (χ4n) is 2.73. The van der Waals surface area contributed by atoms with Crippen molar-refractivity contribution in [3.05, 3.63) is 87.4 Å². The number of aromatic nitrogens is 4. The zero-order chi connectivity index (χ0) is 18.1. The number of halogens is 1. The Morgan fingerprint density at radius 2 is 1.85 bits per heavy atom. The van der Waals surface area contributed by atoms with Crippen molar-refractivity contribution in [1.29, 1.82) is 0 Å². The standard InChI is InChI=1S/C19H15ClN4OS/c1-13-15(20)8-5-9-16(13)23-10-11-24-17(18(23)25)21-22-19(24)26-12-14-6-3-2-4-7-14/h2-11H,12H2,1H3. The van der Waals surface area contributed by atoms with Crippen molar-refractivity contribution in [2.75, 3.05) is 0 Å². The predicted octanol–water partition coefficient (Wildman–Crippen LogP) is 4.13. The molecule has 0 aliphatic rings. The summed E-state index contributed by atoms with van der Waals surface area (Å²) < 4.78 is 3.28. The summed E-state index contributed by atoms with van der Waals surface area (Å²) in [6.07, 6.45) is 3.54. The van der Waals surface area contributed by atoms with Crippen molar-refractivity contribution in [3.63, 3.8) is 0 Å². The van der Waals surface area contributed by atoms with Gasteiger partial charge in [-0.1, -0.05) is 59.8 Å².